The summed E-state index contributed by atoms with van der Waals surface area (Å²) >= 11 is 0. The highest BCUT2D eigenvalue weighted by Gasteiger charge is 2.26. The molecule has 0 spiro atoms. The molecular formula is C20H19N7O. The van der Waals surface area contributed by atoms with E-state index in [1.807, 2.05) is 36.4 Å². The number of pyridine rings is 1. The van der Waals surface area contributed by atoms with Crippen molar-refractivity contribution in [1.29, 1.82) is 0 Å². The third-order valence-corrected chi connectivity index (χ3v) is 5.26. The maximum Gasteiger partial charge on any atom is 0.229 e. The fraction of sp³-hybridized carbons (Fsp3) is 0.250. The molecule has 3 aromatic heterocycles. The largest absolute Gasteiger partial charge is 0.369 e. The van der Waals surface area contributed by atoms with E-state index in [0.717, 1.165) is 40.9 Å². The summed E-state index contributed by atoms with van der Waals surface area (Å²) in [5.74, 6) is 1.04. The molecule has 1 fully saturated rings. The predicted octanol–water partition coefficient (Wildman–Crippen LogP) is 2.04. The van der Waals surface area contributed by atoms with E-state index in [9.17, 15) is 4.79 Å². The number of carbonyl (C=O) groups is 1. The molecule has 1 amide bonds. The molecule has 0 atom stereocenters. The minimum Gasteiger partial charge on any atom is -0.369 e. The molecule has 8 heteroatoms. The fourth-order valence-corrected chi connectivity index (χ4v) is 3.73. The van der Waals surface area contributed by atoms with Crippen LogP contribution in [0.25, 0.3) is 27.9 Å². The monoisotopic (exact) mass is 373 g/mol. The first-order valence-electron chi connectivity index (χ1n) is 9.31. The van der Waals surface area contributed by atoms with Gasteiger partial charge in [0.1, 0.15) is 0 Å². The molecule has 1 aromatic carbocycles. The van der Waals surface area contributed by atoms with Crippen LogP contribution in [0.4, 0.5) is 5.95 Å². The number of piperidine rings is 1. The lowest BCUT2D eigenvalue weighted by molar-refractivity contribution is -0.122. The Bertz CT molecular complexity index is 1160. The van der Waals surface area contributed by atoms with E-state index in [-0.39, 0.29) is 11.8 Å². The van der Waals surface area contributed by atoms with Crippen LogP contribution in [-0.2, 0) is 4.79 Å². The van der Waals surface area contributed by atoms with Gasteiger partial charge in [0.05, 0.1) is 5.52 Å². The molecule has 1 saturated heterocycles. The third-order valence-electron chi connectivity index (χ3n) is 5.26. The number of para-hydroxylation sites is 1. The summed E-state index contributed by atoms with van der Waals surface area (Å²) in [6.45, 7) is 1.41. The number of aromatic nitrogens is 5. The lowest BCUT2D eigenvalue weighted by Gasteiger charge is -2.31. The number of anilines is 1. The van der Waals surface area contributed by atoms with Crippen LogP contribution in [-0.4, -0.2) is 43.6 Å². The maximum atomic E-state index is 11.5. The van der Waals surface area contributed by atoms with Gasteiger partial charge in [0, 0.05) is 42.4 Å². The summed E-state index contributed by atoms with van der Waals surface area (Å²) in [7, 11) is 0. The van der Waals surface area contributed by atoms with Crippen LogP contribution in [0.1, 0.15) is 12.8 Å². The second-order valence-corrected chi connectivity index (χ2v) is 7.01. The van der Waals surface area contributed by atoms with Gasteiger partial charge >= 0.3 is 0 Å². The van der Waals surface area contributed by atoms with E-state index in [2.05, 4.69) is 9.88 Å². The first-order chi connectivity index (χ1) is 13.7. The topological polar surface area (TPSA) is 102 Å². The summed E-state index contributed by atoms with van der Waals surface area (Å²) in [4.78, 5) is 27.5. The molecule has 1 aliphatic heterocycles. The quantitative estimate of drug-likeness (QED) is 0.590. The van der Waals surface area contributed by atoms with Crippen molar-refractivity contribution in [2.75, 3.05) is 18.0 Å². The molecule has 0 saturated carbocycles. The van der Waals surface area contributed by atoms with Crippen molar-refractivity contribution in [2.24, 2.45) is 11.7 Å². The van der Waals surface area contributed by atoms with Crippen molar-refractivity contribution in [2.45, 2.75) is 12.8 Å². The van der Waals surface area contributed by atoms with Crippen LogP contribution < -0.4 is 10.6 Å². The zero-order valence-corrected chi connectivity index (χ0v) is 15.2. The number of fused-ring (bicyclic) bond motifs is 3. The number of primary amides is 1. The van der Waals surface area contributed by atoms with Crippen molar-refractivity contribution in [1.82, 2.24) is 24.6 Å². The summed E-state index contributed by atoms with van der Waals surface area (Å²) in [5.41, 5.74) is 7.96. The van der Waals surface area contributed by atoms with Crippen LogP contribution in [0, 0.1) is 5.92 Å². The number of hydrogen-bond donors (Lipinski definition) is 1. The Kier molecular flexibility index (Phi) is 3.89. The normalized spacial score (nSPS) is 15.4. The van der Waals surface area contributed by atoms with Gasteiger partial charge in [-0.05, 0) is 37.1 Å². The molecule has 0 aliphatic carbocycles. The average molecular weight is 373 g/mol. The molecule has 28 heavy (non-hydrogen) atoms. The lowest BCUT2D eigenvalue weighted by atomic mass is 9.96. The number of rotatable bonds is 3. The van der Waals surface area contributed by atoms with E-state index in [1.54, 1.807) is 16.9 Å². The molecule has 2 N–H and O–H groups in total. The van der Waals surface area contributed by atoms with Crippen molar-refractivity contribution in [3.8, 4) is 11.4 Å². The van der Waals surface area contributed by atoms with Gasteiger partial charge in [-0.15, -0.1) is 5.10 Å². The van der Waals surface area contributed by atoms with Gasteiger partial charge in [-0.1, -0.05) is 12.1 Å². The first-order valence-corrected chi connectivity index (χ1v) is 9.31. The summed E-state index contributed by atoms with van der Waals surface area (Å²) < 4.78 is 1.80. The highest BCUT2D eigenvalue weighted by Crippen LogP contribution is 2.28. The smallest absolute Gasteiger partial charge is 0.229 e. The molecule has 0 unspecified atom stereocenters. The molecule has 5 rings (SSSR count). The Morgan fingerprint density at radius 2 is 1.89 bits per heavy atom. The maximum absolute atomic E-state index is 11.5. The molecule has 0 radical (unpaired) electrons. The standard InChI is InChI=1S/C20H19N7O/c21-17(28)13-7-10-26(11-8-13)20-23-16-6-2-1-5-15(16)19-24-18(25-27(19)20)14-4-3-9-22-12-14/h1-6,9,12-13H,7-8,10-11H2,(H2,21,28). The van der Waals surface area contributed by atoms with E-state index < -0.39 is 0 Å². The van der Waals surface area contributed by atoms with Gasteiger partial charge in [-0.25, -0.2) is 9.97 Å². The van der Waals surface area contributed by atoms with Gasteiger partial charge in [0.25, 0.3) is 0 Å². The second kappa shape index (κ2) is 6.56. The van der Waals surface area contributed by atoms with Crippen LogP contribution in [0.3, 0.4) is 0 Å². The average Bonchev–Trinajstić information content (AvgIpc) is 3.20. The van der Waals surface area contributed by atoms with Gasteiger partial charge in [-0.2, -0.15) is 4.52 Å². The van der Waals surface area contributed by atoms with Crippen molar-refractivity contribution < 1.29 is 4.79 Å². The summed E-state index contributed by atoms with van der Waals surface area (Å²) in [6.07, 6.45) is 4.91. The third kappa shape index (κ3) is 2.74. The van der Waals surface area contributed by atoms with Crippen molar-refractivity contribution in [3.05, 3.63) is 48.8 Å². The van der Waals surface area contributed by atoms with Crippen LogP contribution >= 0.6 is 0 Å². The highest BCUT2D eigenvalue weighted by molar-refractivity contribution is 5.93. The number of carbonyl (C=O) groups excluding carboxylic acids is 1. The Morgan fingerprint density at radius 3 is 2.64 bits per heavy atom. The lowest BCUT2D eigenvalue weighted by Crippen LogP contribution is -2.39. The Hall–Kier alpha value is -3.55. The van der Waals surface area contributed by atoms with Gasteiger partial charge < -0.3 is 10.6 Å². The number of nitrogens with zero attached hydrogens (tertiary/aromatic N) is 6. The molecule has 0 bridgehead atoms. The Labute approximate surface area is 161 Å². The predicted molar refractivity (Wildman–Crippen MR) is 106 cm³/mol. The van der Waals surface area contributed by atoms with E-state index in [4.69, 9.17) is 20.8 Å². The molecular weight excluding hydrogens is 354 g/mol. The van der Waals surface area contributed by atoms with Gasteiger partial charge in [0.15, 0.2) is 11.5 Å². The highest BCUT2D eigenvalue weighted by atomic mass is 16.1. The molecule has 1 aliphatic rings. The van der Waals surface area contributed by atoms with Gasteiger partial charge in [0.2, 0.25) is 11.9 Å². The zero-order valence-electron chi connectivity index (χ0n) is 15.2. The van der Waals surface area contributed by atoms with E-state index in [1.165, 1.54) is 0 Å². The molecule has 8 nitrogen and oxygen atoms in total. The van der Waals surface area contributed by atoms with Crippen molar-refractivity contribution in [3.63, 3.8) is 0 Å². The molecule has 4 heterocycles. The van der Waals surface area contributed by atoms with Crippen LogP contribution in [0.15, 0.2) is 48.8 Å². The van der Waals surface area contributed by atoms with Gasteiger partial charge in [-0.3, -0.25) is 9.78 Å². The number of amides is 1. The summed E-state index contributed by atoms with van der Waals surface area (Å²) in [6, 6.07) is 11.7. The minimum absolute atomic E-state index is 0.0751. The zero-order chi connectivity index (χ0) is 19.1. The number of nitrogens with two attached hydrogens (primary N) is 1. The molecule has 140 valence electrons. The van der Waals surface area contributed by atoms with Crippen LogP contribution in [0.2, 0.25) is 0 Å². The van der Waals surface area contributed by atoms with Crippen LogP contribution in [0.5, 0.6) is 0 Å². The van der Waals surface area contributed by atoms with E-state index >= 15 is 0 Å². The Balaban J connectivity index is 1.65. The minimum atomic E-state index is -0.226. The summed E-state index contributed by atoms with van der Waals surface area (Å²) in [5, 5.41) is 5.68. The number of hydrogen-bond acceptors (Lipinski definition) is 6. The fourth-order valence-electron chi connectivity index (χ4n) is 3.73. The Morgan fingerprint density at radius 1 is 1.07 bits per heavy atom. The van der Waals surface area contributed by atoms with E-state index in [0.29, 0.717) is 18.9 Å². The SMILES string of the molecule is NC(=O)C1CCN(c2nc3ccccc3c3nc(-c4cccnc4)nn23)CC1. The molecule has 4 aromatic rings. The first kappa shape index (κ1) is 16.6. The van der Waals surface area contributed by atoms with Crippen molar-refractivity contribution >= 4 is 28.4 Å². The number of benzene rings is 1. The second-order valence-electron chi connectivity index (χ2n) is 7.01.